The van der Waals surface area contributed by atoms with E-state index in [1.807, 2.05) is 42.5 Å². The molecular weight excluding hydrogens is 316 g/mol. The van der Waals surface area contributed by atoms with E-state index in [-0.39, 0.29) is 11.8 Å². The molecule has 1 aliphatic rings. The van der Waals surface area contributed by atoms with Gasteiger partial charge in [0.1, 0.15) is 5.75 Å². The Labute approximate surface area is 147 Å². The molecule has 3 rings (SSSR count). The summed E-state index contributed by atoms with van der Waals surface area (Å²) in [5.41, 5.74) is 3.80. The second-order valence-electron chi connectivity index (χ2n) is 6.16. The van der Waals surface area contributed by atoms with Crippen LogP contribution in [-0.2, 0) is 22.4 Å². The van der Waals surface area contributed by atoms with Crippen LogP contribution >= 0.6 is 0 Å². The maximum atomic E-state index is 12.3. The molecule has 0 atom stereocenters. The molecule has 0 fully saturated rings. The van der Waals surface area contributed by atoms with Gasteiger partial charge in [0.25, 0.3) is 0 Å². The summed E-state index contributed by atoms with van der Waals surface area (Å²) in [6.45, 7) is 0. The van der Waals surface area contributed by atoms with E-state index < -0.39 is 0 Å². The number of methoxy groups -OCH3 is 1. The molecule has 0 bridgehead atoms. The Morgan fingerprint density at radius 1 is 1.20 bits per heavy atom. The normalized spacial score (nSPS) is 13.4. The fraction of sp³-hybridized carbons (Fsp3) is 0.300. The monoisotopic (exact) mass is 338 g/mol. The number of aryl methyl sites for hydroxylation is 2. The van der Waals surface area contributed by atoms with E-state index in [9.17, 15) is 9.59 Å². The highest BCUT2D eigenvalue weighted by Crippen LogP contribution is 2.29. The smallest absolute Gasteiger partial charge is 0.227 e. The number of para-hydroxylation sites is 1. The van der Waals surface area contributed by atoms with Crippen molar-refractivity contribution in [2.75, 3.05) is 24.4 Å². The lowest BCUT2D eigenvalue weighted by atomic mass is 10.0. The van der Waals surface area contributed by atoms with Crippen molar-refractivity contribution >= 4 is 23.2 Å². The van der Waals surface area contributed by atoms with Gasteiger partial charge in [0.15, 0.2) is 0 Å². The number of benzene rings is 2. The minimum absolute atomic E-state index is 0.0360. The van der Waals surface area contributed by atoms with Gasteiger partial charge < -0.3 is 15.0 Å². The zero-order chi connectivity index (χ0) is 17.8. The summed E-state index contributed by atoms with van der Waals surface area (Å²) >= 11 is 0. The number of carbonyl (C=O) groups excluding carboxylic acids is 2. The van der Waals surface area contributed by atoms with Gasteiger partial charge >= 0.3 is 0 Å². The summed E-state index contributed by atoms with van der Waals surface area (Å²) in [5, 5.41) is 2.94. The minimum atomic E-state index is -0.0360. The number of nitrogens with zero attached hydrogens (tertiary/aromatic N) is 1. The highest BCUT2D eigenvalue weighted by atomic mass is 16.5. The van der Waals surface area contributed by atoms with Crippen LogP contribution in [0, 0.1) is 0 Å². The summed E-state index contributed by atoms with van der Waals surface area (Å²) < 4.78 is 5.31. The molecule has 0 aromatic heterocycles. The van der Waals surface area contributed by atoms with Crippen LogP contribution in [0.2, 0.25) is 0 Å². The molecule has 5 heteroatoms. The summed E-state index contributed by atoms with van der Waals surface area (Å²) in [6, 6.07) is 13.4. The number of rotatable bonds is 5. The first-order valence-corrected chi connectivity index (χ1v) is 8.39. The van der Waals surface area contributed by atoms with Crippen molar-refractivity contribution in [3.05, 3.63) is 53.6 Å². The first-order valence-electron chi connectivity index (χ1n) is 8.39. The molecular formula is C20H22N2O3. The number of amides is 2. The Hall–Kier alpha value is -2.82. The molecule has 25 heavy (non-hydrogen) atoms. The standard InChI is InChI=1S/C20H22N2O3/c1-22-17-10-9-16(13-15(17)8-12-20(22)24)21-19(23)11-7-14-5-3-4-6-18(14)25-2/h3-6,9-10,13H,7-8,11-12H2,1-2H3,(H,21,23). The lowest BCUT2D eigenvalue weighted by Gasteiger charge is -2.26. The summed E-state index contributed by atoms with van der Waals surface area (Å²) in [4.78, 5) is 25.7. The number of nitrogens with one attached hydrogen (secondary N) is 1. The van der Waals surface area contributed by atoms with Crippen LogP contribution in [-0.4, -0.2) is 26.0 Å². The van der Waals surface area contributed by atoms with Crippen molar-refractivity contribution in [2.24, 2.45) is 0 Å². The van der Waals surface area contributed by atoms with Gasteiger partial charge in [-0.1, -0.05) is 18.2 Å². The average Bonchev–Trinajstić information content (AvgIpc) is 2.63. The molecule has 0 radical (unpaired) electrons. The third kappa shape index (κ3) is 3.82. The molecule has 1 N–H and O–H groups in total. The van der Waals surface area contributed by atoms with E-state index in [1.165, 1.54) is 0 Å². The van der Waals surface area contributed by atoms with Crippen LogP contribution in [0.25, 0.3) is 0 Å². The lowest BCUT2D eigenvalue weighted by Crippen LogP contribution is -2.31. The van der Waals surface area contributed by atoms with Crippen molar-refractivity contribution < 1.29 is 14.3 Å². The number of ether oxygens (including phenoxy) is 1. The molecule has 0 unspecified atom stereocenters. The third-order valence-corrected chi connectivity index (χ3v) is 4.52. The number of hydrogen-bond acceptors (Lipinski definition) is 3. The van der Waals surface area contributed by atoms with Gasteiger partial charge in [-0.15, -0.1) is 0 Å². The van der Waals surface area contributed by atoms with Crippen LogP contribution in [0.15, 0.2) is 42.5 Å². The summed E-state index contributed by atoms with van der Waals surface area (Å²) in [6.07, 6.45) is 2.23. The molecule has 1 aliphatic heterocycles. The first kappa shape index (κ1) is 17.0. The van der Waals surface area contributed by atoms with E-state index in [1.54, 1.807) is 19.1 Å². The van der Waals surface area contributed by atoms with Crippen molar-refractivity contribution in [2.45, 2.75) is 25.7 Å². The molecule has 2 aromatic carbocycles. The molecule has 0 saturated heterocycles. The second-order valence-corrected chi connectivity index (χ2v) is 6.16. The highest BCUT2D eigenvalue weighted by Gasteiger charge is 2.21. The van der Waals surface area contributed by atoms with Crippen LogP contribution in [0.3, 0.4) is 0 Å². The van der Waals surface area contributed by atoms with Gasteiger partial charge in [0, 0.05) is 31.3 Å². The molecule has 2 aromatic rings. The maximum absolute atomic E-state index is 12.3. The Bertz CT molecular complexity index is 801. The second kappa shape index (κ2) is 7.38. The predicted octanol–water partition coefficient (Wildman–Crippen LogP) is 3.18. The van der Waals surface area contributed by atoms with Crippen molar-refractivity contribution in [1.82, 2.24) is 0 Å². The Morgan fingerprint density at radius 3 is 2.80 bits per heavy atom. The average molecular weight is 338 g/mol. The van der Waals surface area contributed by atoms with Crippen molar-refractivity contribution in [1.29, 1.82) is 0 Å². The van der Waals surface area contributed by atoms with Crippen LogP contribution < -0.4 is 15.0 Å². The topological polar surface area (TPSA) is 58.6 Å². The molecule has 5 nitrogen and oxygen atoms in total. The van der Waals surface area contributed by atoms with Gasteiger partial charge in [-0.05, 0) is 48.2 Å². The Morgan fingerprint density at radius 2 is 2.00 bits per heavy atom. The quantitative estimate of drug-likeness (QED) is 0.911. The fourth-order valence-corrected chi connectivity index (χ4v) is 3.12. The van der Waals surface area contributed by atoms with Gasteiger partial charge in [0.05, 0.1) is 7.11 Å². The zero-order valence-electron chi connectivity index (χ0n) is 14.5. The molecule has 0 saturated carbocycles. The third-order valence-electron chi connectivity index (χ3n) is 4.52. The van der Waals surface area contributed by atoms with E-state index in [0.717, 1.165) is 28.3 Å². The van der Waals surface area contributed by atoms with Gasteiger partial charge in [-0.3, -0.25) is 9.59 Å². The van der Waals surface area contributed by atoms with Crippen LogP contribution in [0.5, 0.6) is 5.75 Å². The summed E-state index contributed by atoms with van der Waals surface area (Å²) in [5.74, 6) is 0.893. The zero-order valence-corrected chi connectivity index (χ0v) is 14.5. The molecule has 1 heterocycles. The molecule has 130 valence electrons. The van der Waals surface area contributed by atoms with Crippen molar-refractivity contribution in [3.8, 4) is 5.75 Å². The SMILES string of the molecule is COc1ccccc1CCC(=O)Nc1ccc2c(c1)CCC(=O)N2C. The number of anilines is 2. The molecule has 0 spiro atoms. The predicted molar refractivity (Wildman–Crippen MR) is 98.1 cm³/mol. The fourth-order valence-electron chi connectivity index (χ4n) is 3.12. The minimum Gasteiger partial charge on any atom is -0.496 e. The lowest BCUT2D eigenvalue weighted by molar-refractivity contribution is -0.118. The summed E-state index contributed by atoms with van der Waals surface area (Å²) in [7, 11) is 3.42. The molecule has 0 aliphatic carbocycles. The Kier molecular flexibility index (Phi) is 5.03. The highest BCUT2D eigenvalue weighted by molar-refractivity contribution is 5.97. The van der Waals surface area contributed by atoms with Crippen LogP contribution in [0.4, 0.5) is 11.4 Å². The van der Waals surface area contributed by atoms with Crippen molar-refractivity contribution in [3.63, 3.8) is 0 Å². The van der Waals surface area contributed by atoms with E-state index in [0.29, 0.717) is 25.7 Å². The van der Waals surface area contributed by atoms with E-state index in [4.69, 9.17) is 4.74 Å². The number of hydrogen-bond donors (Lipinski definition) is 1. The number of fused-ring (bicyclic) bond motifs is 1. The first-order chi connectivity index (χ1) is 12.1. The van der Waals surface area contributed by atoms with E-state index >= 15 is 0 Å². The van der Waals surface area contributed by atoms with Crippen LogP contribution in [0.1, 0.15) is 24.0 Å². The Balaban J connectivity index is 1.63. The number of carbonyl (C=O) groups is 2. The van der Waals surface area contributed by atoms with Gasteiger partial charge in [0.2, 0.25) is 11.8 Å². The molecule has 2 amide bonds. The van der Waals surface area contributed by atoms with E-state index in [2.05, 4.69) is 5.32 Å². The van der Waals surface area contributed by atoms with Gasteiger partial charge in [-0.25, -0.2) is 0 Å². The maximum Gasteiger partial charge on any atom is 0.227 e. The van der Waals surface area contributed by atoms with Gasteiger partial charge in [-0.2, -0.15) is 0 Å². The largest absolute Gasteiger partial charge is 0.496 e.